The number of aryl methyl sites for hydroxylation is 1. The SMILES string of the molecule is Nc1ccnc(N2CCN(CCCc3ccccc3)[C@H](CCO)C2)n1. The molecule has 1 aliphatic heterocycles. The van der Waals surface area contributed by atoms with Crippen molar-refractivity contribution in [3.8, 4) is 0 Å². The second-order valence-corrected chi connectivity index (χ2v) is 6.52. The lowest BCUT2D eigenvalue weighted by molar-refractivity contribution is 0.140. The summed E-state index contributed by atoms with van der Waals surface area (Å²) in [6.45, 7) is 3.92. The first kappa shape index (κ1) is 17.6. The molecule has 134 valence electrons. The molecular weight excluding hydrogens is 314 g/mol. The normalized spacial score (nSPS) is 18.4. The second-order valence-electron chi connectivity index (χ2n) is 6.52. The molecule has 3 rings (SSSR count). The van der Waals surface area contributed by atoms with Crippen LogP contribution in [-0.2, 0) is 6.42 Å². The maximum absolute atomic E-state index is 9.44. The third kappa shape index (κ3) is 4.90. The van der Waals surface area contributed by atoms with Crippen molar-refractivity contribution in [2.75, 3.05) is 43.4 Å². The predicted octanol–water partition coefficient (Wildman–Crippen LogP) is 1.56. The Bertz CT molecular complexity index is 651. The second kappa shape index (κ2) is 8.78. The van der Waals surface area contributed by atoms with E-state index in [-0.39, 0.29) is 6.61 Å². The highest BCUT2D eigenvalue weighted by atomic mass is 16.3. The summed E-state index contributed by atoms with van der Waals surface area (Å²) in [6.07, 6.45) is 4.68. The molecule has 1 saturated heterocycles. The van der Waals surface area contributed by atoms with Crippen molar-refractivity contribution in [1.29, 1.82) is 0 Å². The Kier molecular flexibility index (Phi) is 6.19. The lowest BCUT2D eigenvalue weighted by Crippen LogP contribution is -2.54. The van der Waals surface area contributed by atoms with Crippen LogP contribution in [0.4, 0.5) is 11.8 Å². The van der Waals surface area contributed by atoms with Crippen LogP contribution in [0.15, 0.2) is 42.6 Å². The van der Waals surface area contributed by atoms with E-state index in [2.05, 4.69) is 50.1 Å². The number of aliphatic hydroxyl groups is 1. The number of nitrogens with zero attached hydrogens (tertiary/aromatic N) is 4. The molecule has 0 amide bonds. The average Bonchev–Trinajstić information content (AvgIpc) is 2.64. The molecule has 3 N–H and O–H groups in total. The fraction of sp³-hybridized carbons (Fsp3) is 0.474. The Hall–Kier alpha value is -2.18. The van der Waals surface area contributed by atoms with Crippen molar-refractivity contribution in [2.24, 2.45) is 0 Å². The van der Waals surface area contributed by atoms with Crippen molar-refractivity contribution in [2.45, 2.75) is 25.3 Å². The Labute approximate surface area is 149 Å². The number of benzene rings is 1. The van der Waals surface area contributed by atoms with Gasteiger partial charge >= 0.3 is 0 Å². The number of rotatable bonds is 7. The average molecular weight is 341 g/mol. The molecule has 0 spiro atoms. The molecule has 6 nitrogen and oxygen atoms in total. The van der Waals surface area contributed by atoms with Crippen LogP contribution in [0.1, 0.15) is 18.4 Å². The molecule has 1 atom stereocenters. The van der Waals surface area contributed by atoms with Crippen molar-refractivity contribution in [3.05, 3.63) is 48.2 Å². The van der Waals surface area contributed by atoms with E-state index in [0.717, 1.165) is 45.4 Å². The lowest BCUT2D eigenvalue weighted by atomic mass is 10.1. The first-order chi connectivity index (χ1) is 12.3. The van der Waals surface area contributed by atoms with Gasteiger partial charge in [-0.15, -0.1) is 0 Å². The van der Waals surface area contributed by atoms with Crippen LogP contribution in [0, 0.1) is 0 Å². The first-order valence-electron chi connectivity index (χ1n) is 8.98. The van der Waals surface area contributed by atoms with Crippen LogP contribution < -0.4 is 10.6 Å². The Morgan fingerprint density at radius 3 is 2.76 bits per heavy atom. The van der Waals surface area contributed by atoms with Gasteiger partial charge in [-0.05, 0) is 37.4 Å². The number of anilines is 2. The Balaban J connectivity index is 1.56. The largest absolute Gasteiger partial charge is 0.396 e. The third-order valence-electron chi connectivity index (χ3n) is 4.77. The third-order valence-corrected chi connectivity index (χ3v) is 4.77. The van der Waals surface area contributed by atoms with E-state index >= 15 is 0 Å². The maximum Gasteiger partial charge on any atom is 0.227 e. The van der Waals surface area contributed by atoms with Crippen LogP contribution >= 0.6 is 0 Å². The fourth-order valence-electron chi connectivity index (χ4n) is 3.44. The minimum absolute atomic E-state index is 0.200. The zero-order valence-electron chi connectivity index (χ0n) is 14.6. The van der Waals surface area contributed by atoms with E-state index in [0.29, 0.717) is 17.8 Å². The van der Waals surface area contributed by atoms with Crippen LogP contribution in [0.25, 0.3) is 0 Å². The molecule has 0 radical (unpaired) electrons. The van der Waals surface area contributed by atoms with Gasteiger partial charge in [0.2, 0.25) is 5.95 Å². The van der Waals surface area contributed by atoms with E-state index in [4.69, 9.17) is 5.73 Å². The van der Waals surface area contributed by atoms with Crippen molar-refractivity contribution >= 4 is 11.8 Å². The molecule has 25 heavy (non-hydrogen) atoms. The highest BCUT2D eigenvalue weighted by Gasteiger charge is 2.27. The molecule has 1 aliphatic rings. The van der Waals surface area contributed by atoms with Gasteiger partial charge in [0.05, 0.1) is 0 Å². The van der Waals surface area contributed by atoms with E-state index in [9.17, 15) is 5.11 Å². The molecular formula is C19H27N5O. The molecule has 2 aromatic rings. The van der Waals surface area contributed by atoms with Gasteiger partial charge in [-0.25, -0.2) is 4.98 Å². The molecule has 0 aliphatic carbocycles. The topological polar surface area (TPSA) is 78.5 Å². The Morgan fingerprint density at radius 1 is 1.16 bits per heavy atom. The summed E-state index contributed by atoms with van der Waals surface area (Å²) >= 11 is 0. The molecule has 0 saturated carbocycles. The predicted molar refractivity (Wildman–Crippen MR) is 100 cm³/mol. The molecule has 1 aromatic carbocycles. The lowest BCUT2D eigenvalue weighted by Gasteiger charge is -2.41. The molecule has 0 bridgehead atoms. The quantitative estimate of drug-likeness (QED) is 0.796. The summed E-state index contributed by atoms with van der Waals surface area (Å²) in [5.41, 5.74) is 7.16. The van der Waals surface area contributed by atoms with Gasteiger partial charge in [0.1, 0.15) is 5.82 Å². The van der Waals surface area contributed by atoms with Gasteiger partial charge in [0, 0.05) is 38.5 Å². The smallest absolute Gasteiger partial charge is 0.227 e. The highest BCUT2D eigenvalue weighted by molar-refractivity contribution is 5.38. The number of nitrogen functional groups attached to an aromatic ring is 1. The van der Waals surface area contributed by atoms with Crippen molar-refractivity contribution in [1.82, 2.24) is 14.9 Å². The molecule has 6 heteroatoms. The van der Waals surface area contributed by atoms with Gasteiger partial charge in [-0.3, -0.25) is 4.90 Å². The number of aliphatic hydroxyl groups excluding tert-OH is 1. The van der Waals surface area contributed by atoms with Crippen LogP contribution in [-0.4, -0.2) is 58.8 Å². The molecule has 2 heterocycles. The zero-order chi connectivity index (χ0) is 17.5. The standard InChI is InChI=1S/C19H27N5O/c20-18-8-10-21-19(22-18)24-13-12-23(17(15-24)9-14-25)11-4-7-16-5-2-1-3-6-16/h1-3,5-6,8,10,17,25H,4,7,9,11-15H2,(H2,20,21,22)/t17-/m1/s1. The summed E-state index contributed by atoms with van der Waals surface area (Å²) in [5.74, 6) is 1.18. The summed E-state index contributed by atoms with van der Waals surface area (Å²) in [6, 6.07) is 12.6. The van der Waals surface area contributed by atoms with Gasteiger partial charge in [-0.2, -0.15) is 4.98 Å². The maximum atomic E-state index is 9.44. The van der Waals surface area contributed by atoms with Crippen LogP contribution in [0.2, 0.25) is 0 Å². The molecule has 0 unspecified atom stereocenters. The molecule has 1 fully saturated rings. The van der Waals surface area contributed by atoms with Gasteiger partial charge in [0.25, 0.3) is 0 Å². The van der Waals surface area contributed by atoms with E-state index < -0.39 is 0 Å². The fourth-order valence-corrected chi connectivity index (χ4v) is 3.44. The summed E-state index contributed by atoms with van der Waals surface area (Å²) < 4.78 is 0. The Morgan fingerprint density at radius 2 is 2.00 bits per heavy atom. The number of piperazine rings is 1. The minimum atomic E-state index is 0.200. The first-order valence-corrected chi connectivity index (χ1v) is 8.98. The summed E-state index contributed by atoms with van der Waals surface area (Å²) in [7, 11) is 0. The van der Waals surface area contributed by atoms with Gasteiger partial charge in [-0.1, -0.05) is 30.3 Å². The minimum Gasteiger partial charge on any atom is -0.396 e. The number of nitrogens with two attached hydrogens (primary N) is 1. The van der Waals surface area contributed by atoms with Crippen LogP contribution in [0.5, 0.6) is 0 Å². The van der Waals surface area contributed by atoms with E-state index in [1.165, 1.54) is 5.56 Å². The summed E-state index contributed by atoms with van der Waals surface area (Å²) in [4.78, 5) is 13.3. The van der Waals surface area contributed by atoms with E-state index in [1.807, 2.05) is 0 Å². The highest BCUT2D eigenvalue weighted by Crippen LogP contribution is 2.18. The van der Waals surface area contributed by atoms with Crippen molar-refractivity contribution in [3.63, 3.8) is 0 Å². The number of hydrogen-bond donors (Lipinski definition) is 2. The molecule has 1 aromatic heterocycles. The van der Waals surface area contributed by atoms with Crippen molar-refractivity contribution < 1.29 is 5.11 Å². The number of hydrogen-bond acceptors (Lipinski definition) is 6. The van der Waals surface area contributed by atoms with Gasteiger partial charge in [0.15, 0.2) is 0 Å². The monoisotopic (exact) mass is 341 g/mol. The zero-order valence-corrected chi connectivity index (χ0v) is 14.6. The summed E-state index contributed by atoms with van der Waals surface area (Å²) in [5, 5.41) is 9.44. The number of aromatic nitrogens is 2. The van der Waals surface area contributed by atoms with E-state index in [1.54, 1.807) is 12.3 Å². The van der Waals surface area contributed by atoms with Gasteiger partial charge < -0.3 is 15.7 Å². The van der Waals surface area contributed by atoms with Crippen LogP contribution in [0.3, 0.4) is 0 Å².